The lowest BCUT2D eigenvalue weighted by Gasteiger charge is -2.08. The molecule has 0 bridgehead atoms. The molecule has 1 heterocycles. The Bertz CT molecular complexity index is 136. The Kier molecular flexibility index (Phi) is 7.88. The predicted octanol–water partition coefficient (Wildman–Crippen LogP) is 1.56. The molecule has 3 heteroatoms. The first kappa shape index (κ1) is 12.9. The highest BCUT2D eigenvalue weighted by atomic mass is 16.5. The number of aliphatic hydroxyl groups excluding tert-OH is 1. The third-order valence-corrected chi connectivity index (χ3v) is 3.03. The van der Waals surface area contributed by atoms with Gasteiger partial charge in [0.2, 0.25) is 0 Å². The first-order chi connectivity index (χ1) is 7.43. The zero-order valence-electron chi connectivity index (χ0n) is 9.71. The summed E-state index contributed by atoms with van der Waals surface area (Å²) in [6.07, 6.45) is 6.93. The lowest BCUT2D eigenvalue weighted by atomic mass is 10.1. The second-order valence-electron chi connectivity index (χ2n) is 4.40. The van der Waals surface area contributed by atoms with E-state index in [2.05, 4.69) is 5.32 Å². The number of hydrogen-bond acceptors (Lipinski definition) is 3. The summed E-state index contributed by atoms with van der Waals surface area (Å²) < 4.78 is 5.59. The van der Waals surface area contributed by atoms with Gasteiger partial charge in [-0.05, 0) is 44.7 Å². The van der Waals surface area contributed by atoms with Crippen LogP contribution in [0.25, 0.3) is 0 Å². The minimum Gasteiger partial charge on any atom is -0.396 e. The fourth-order valence-corrected chi connectivity index (χ4v) is 1.98. The van der Waals surface area contributed by atoms with Crippen LogP contribution in [0.15, 0.2) is 0 Å². The van der Waals surface area contributed by atoms with Crippen LogP contribution >= 0.6 is 0 Å². The zero-order chi connectivity index (χ0) is 10.8. The monoisotopic (exact) mass is 215 g/mol. The molecule has 1 fully saturated rings. The average Bonchev–Trinajstić information content (AvgIpc) is 2.75. The SMILES string of the molecule is OCCCCCCOCCC1CCNC1. The highest BCUT2D eigenvalue weighted by Crippen LogP contribution is 2.11. The van der Waals surface area contributed by atoms with Crippen LogP contribution < -0.4 is 5.32 Å². The number of hydrogen-bond donors (Lipinski definition) is 2. The van der Waals surface area contributed by atoms with Crippen molar-refractivity contribution in [3.05, 3.63) is 0 Å². The van der Waals surface area contributed by atoms with Crippen molar-refractivity contribution in [1.82, 2.24) is 5.32 Å². The van der Waals surface area contributed by atoms with E-state index in [4.69, 9.17) is 9.84 Å². The molecule has 0 aromatic carbocycles. The topological polar surface area (TPSA) is 41.5 Å². The molecule has 0 spiro atoms. The Morgan fingerprint density at radius 3 is 2.73 bits per heavy atom. The minimum absolute atomic E-state index is 0.329. The lowest BCUT2D eigenvalue weighted by molar-refractivity contribution is 0.117. The van der Waals surface area contributed by atoms with Crippen LogP contribution in [0.4, 0.5) is 0 Å². The third kappa shape index (κ3) is 6.88. The van der Waals surface area contributed by atoms with Crippen LogP contribution in [-0.2, 0) is 4.74 Å². The van der Waals surface area contributed by atoms with E-state index >= 15 is 0 Å². The Hall–Kier alpha value is -0.120. The molecule has 0 radical (unpaired) electrons. The van der Waals surface area contributed by atoms with E-state index in [1.807, 2.05) is 0 Å². The predicted molar refractivity (Wildman–Crippen MR) is 62.0 cm³/mol. The van der Waals surface area contributed by atoms with Crippen molar-refractivity contribution in [2.24, 2.45) is 5.92 Å². The standard InChI is InChI=1S/C12H25NO2/c14-8-3-1-2-4-9-15-10-6-12-5-7-13-11-12/h12-14H,1-11H2. The van der Waals surface area contributed by atoms with Crippen molar-refractivity contribution < 1.29 is 9.84 Å². The van der Waals surface area contributed by atoms with Crippen molar-refractivity contribution in [3.63, 3.8) is 0 Å². The summed E-state index contributed by atoms with van der Waals surface area (Å²) in [5.74, 6) is 0.847. The highest BCUT2D eigenvalue weighted by Gasteiger charge is 2.13. The maximum Gasteiger partial charge on any atom is 0.0469 e. The molecule has 0 aromatic heterocycles. The molecule has 15 heavy (non-hydrogen) atoms. The molecule has 1 aliphatic rings. The average molecular weight is 215 g/mol. The Balaban J connectivity index is 1.73. The van der Waals surface area contributed by atoms with Gasteiger partial charge in [-0.15, -0.1) is 0 Å². The first-order valence-corrected chi connectivity index (χ1v) is 6.33. The maximum absolute atomic E-state index is 8.59. The molecule has 2 N–H and O–H groups in total. The van der Waals surface area contributed by atoms with Crippen molar-refractivity contribution in [3.8, 4) is 0 Å². The number of nitrogens with one attached hydrogen (secondary N) is 1. The van der Waals surface area contributed by atoms with Gasteiger partial charge in [0.15, 0.2) is 0 Å². The summed E-state index contributed by atoms with van der Waals surface area (Å²) in [5.41, 5.74) is 0. The van der Waals surface area contributed by atoms with Crippen LogP contribution in [0, 0.1) is 5.92 Å². The van der Waals surface area contributed by atoms with Gasteiger partial charge in [-0.2, -0.15) is 0 Å². The van der Waals surface area contributed by atoms with Crippen LogP contribution in [-0.4, -0.2) is 38.0 Å². The summed E-state index contributed by atoms with van der Waals surface area (Å²) in [7, 11) is 0. The smallest absolute Gasteiger partial charge is 0.0469 e. The van der Waals surface area contributed by atoms with E-state index in [9.17, 15) is 0 Å². The van der Waals surface area contributed by atoms with E-state index < -0.39 is 0 Å². The summed E-state index contributed by atoms with van der Waals surface area (Å²) in [6.45, 7) is 4.51. The quantitative estimate of drug-likeness (QED) is 0.573. The Labute approximate surface area is 93.2 Å². The van der Waals surface area contributed by atoms with Gasteiger partial charge in [0.25, 0.3) is 0 Å². The van der Waals surface area contributed by atoms with Crippen molar-refractivity contribution in [2.75, 3.05) is 32.9 Å². The number of aliphatic hydroxyl groups is 1. The summed E-state index contributed by atoms with van der Waals surface area (Å²) in [6, 6.07) is 0. The Morgan fingerprint density at radius 1 is 1.13 bits per heavy atom. The second kappa shape index (κ2) is 9.13. The van der Waals surface area contributed by atoms with E-state index in [0.717, 1.165) is 38.4 Å². The number of ether oxygens (including phenoxy) is 1. The molecule has 90 valence electrons. The van der Waals surface area contributed by atoms with Gasteiger partial charge < -0.3 is 15.2 Å². The van der Waals surface area contributed by atoms with E-state index in [0.29, 0.717) is 6.61 Å². The maximum atomic E-state index is 8.59. The third-order valence-electron chi connectivity index (χ3n) is 3.03. The largest absolute Gasteiger partial charge is 0.396 e. The highest BCUT2D eigenvalue weighted by molar-refractivity contribution is 4.70. The zero-order valence-corrected chi connectivity index (χ0v) is 9.71. The fraction of sp³-hybridized carbons (Fsp3) is 1.00. The van der Waals surface area contributed by atoms with E-state index in [1.54, 1.807) is 0 Å². The molecule has 0 aromatic rings. The van der Waals surface area contributed by atoms with Gasteiger partial charge in [0.1, 0.15) is 0 Å². The summed E-state index contributed by atoms with van der Waals surface area (Å²) >= 11 is 0. The second-order valence-corrected chi connectivity index (χ2v) is 4.40. The summed E-state index contributed by atoms with van der Waals surface area (Å²) in [5, 5.41) is 12.0. The summed E-state index contributed by atoms with van der Waals surface area (Å²) in [4.78, 5) is 0. The van der Waals surface area contributed by atoms with Crippen molar-refractivity contribution in [2.45, 2.75) is 38.5 Å². The Morgan fingerprint density at radius 2 is 2.00 bits per heavy atom. The normalized spacial score (nSPS) is 21.0. The molecule has 3 nitrogen and oxygen atoms in total. The molecule has 1 rings (SSSR count). The van der Waals surface area contributed by atoms with Gasteiger partial charge in [-0.1, -0.05) is 12.8 Å². The van der Waals surface area contributed by atoms with Crippen LogP contribution in [0.2, 0.25) is 0 Å². The minimum atomic E-state index is 0.329. The van der Waals surface area contributed by atoms with Crippen LogP contribution in [0.1, 0.15) is 38.5 Å². The van der Waals surface area contributed by atoms with Gasteiger partial charge in [-0.3, -0.25) is 0 Å². The molecule has 0 saturated carbocycles. The fourth-order valence-electron chi connectivity index (χ4n) is 1.98. The molecular formula is C12H25NO2. The van der Waals surface area contributed by atoms with Gasteiger partial charge in [-0.25, -0.2) is 0 Å². The molecule has 0 amide bonds. The van der Waals surface area contributed by atoms with Gasteiger partial charge in [0.05, 0.1) is 0 Å². The molecule has 1 aliphatic heterocycles. The van der Waals surface area contributed by atoms with E-state index in [-0.39, 0.29) is 0 Å². The first-order valence-electron chi connectivity index (χ1n) is 6.33. The van der Waals surface area contributed by atoms with Gasteiger partial charge >= 0.3 is 0 Å². The number of rotatable bonds is 9. The molecule has 1 unspecified atom stereocenters. The lowest BCUT2D eigenvalue weighted by Crippen LogP contribution is -2.11. The van der Waals surface area contributed by atoms with Crippen molar-refractivity contribution >= 4 is 0 Å². The number of unbranched alkanes of at least 4 members (excludes halogenated alkanes) is 3. The van der Waals surface area contributed by atoms with Gasteiger partial charge in [0, 0.05) is 19.8 Å². The van der Waals surface area contributed by atoms with Crippen LogP contribution in [0.3, 0.4) is 0 Å². The van der Waals surface area contributed by atoms with Crippen LogP contribution in [0.5, 0.6) is 0 Å². The molecular weight excluding hydrogens is 190 g/mol. The molecule has 0 aliphatic carbocycles. The molecule has 1 atom stereocenters. The van der Waals surface area contributed by atoms with E-state index in [1.165, 1.54) is 32.4 Å². The molecule has 1 saturated heterocycles. The van der Waals surface area contributed by atoms with Crippen molar-refractivity contribution in [1.29, 1.82) is 0 Å².